The van der Waals surface area contributed by atoms with Crippen LogP contribution in [-0.4, -0.2) is 63.2 Å². The first kappa shape index (κ1) is 16.8. The molecule has 0 bridgehead atoms. The van der Waals surface area contributed by atoms with Gasteiger partial charge < -0.3 is 20.4 Å². The fourth-order valence-electron chi connectivity index (χ4n) is 2.93. The lowest BCUT2D eigenvalue weighted by Crippen LogP contribution is -2.74. The minimum Gasteiger partial charge on any atom is -0.481 e. The van der Waals surface area contributed by atoms with Gasteiger partial charge in [0.1, 0.15) is 16.8 Å². The normalized spacial score (nSPS) is 28.7. The van der Waals surface area contributed by atoms with Crippen LogP contribution in [0.25, 0.3) is 0 Å². The molecular weight excluding hydrogens is 332 g/mol. The van der Waals surface area contributed by atoms with E-state index >= 15 is 0 Å². The highest BCUT2D eigenvalue weighted by Gasteiger charge is 2.57. The van der Waals surface area contributed by atoms with Crippen LogP contribution in [0.5, 0.6) is 0 Å². The number of carbonyl (C=O) groups excluding carboxylic acids is 2. The third-order valence-electron chi connectivity index (χ3n) is 4.43. The zero-order valence-electron chi connectivity index (χ0n) is 12.8. The zero-order chi connectivity index (χ0) is 17.3. The minimum absolute atomic E-state index is 0.0274. The van der Waals surface area contributed by atoms with Crippen molar-refractivity contribution in [3.8, 4) is 0 Å². The summed E-state index contributed by atoms with van der Waals surface area (Å²) >= 11 is 1.28. The molecule has 2 saturated heterocycles. The Balaban J connectivity index is 1.60. The van der Waals surface area contributed by atoms with Gasteiger partial charge in [-0.05, 0) is 5.56 Å². The van der Waals surface area contributed by atoms with E-state index in [9.17, 15) is 24.6 Å². The molecule has 24 heavy (non-hydrogen) atoms. The maximum atomic E-state index is 12.2. The fourth-order valence-corrected chi connectivity index (χ4v) is 4.46. The predicted molar refractivity (Wildman–Crippen MR) is 87.2 cm³/mol. The van der Waals surface area contributed by atoms with Crippen LogP contribution >= 0.6 is 11.8 Å². The number of fused-ring (bicyclic) bond motifs is 1. The van der Waals surface area contributed by atoms with Crippen molar-refractivity contribution in [2.45, 2.75) is 17.8 Å². The first-order valence-electron chi connectivity index (χ1n) is 7.56. The smallest absolute Gasteiger partial charge is 0.314 e. The molecular formula is C16H18N2O5S. The Labute approximate surface area is 143 Å². The van der Waals surface area contributed by atoms with Gasteiger partial charge >= 0.3 is 5.97 Å². The molecule has 2 aliphatic heterocycles. The van der Waals surface area contributed by atoms with Gasteiger partial charge in [0.05, 0.1) is 13.0 Å². The number of aliphatic hydroxyl groups is 1. The number of carboxylic acids is 1. The highest BCUT2D eigenvalue weighted by atomic mass is 32.2. The molecule has 2 fully saturated rings. The maximum absolute atomic E-state index is 12.2. The molecule has 2 unspecified atom stereocenters. The number of amides is 2. The molecule has 2 amide bonds. The summed E-state index contributed by atoms with van der Waals surface area (Å²) in [5.74, 6) is -1.44. The Kier molecular flexibility index (Phi) is 4.51. The van der Waals surface area contributed by atoms with E-state index in [1.807, 2.05) is 30.3 Å². The first-order valence-corrected chi connectivity index (χ1v) is 8.61. The van der Waals surface area contributed by atoms with Crippen molar-refractivity contribution in [3.63, 3.8) is 0 Å². The van der Waals surface area contributed by atoms with E-state index in [1.165, 1.54) is 16.7 Å². The van der Waals surface area contributed by atoms with Crippen molar-refractivity contribution < 1.29 is 24.6 Å². The fraction of sp³-hybridized carbons (Fsp3) is 0.438. The van der Waals surface area contributed by atoms with Gasteiger partial charge in [0.2, 0.25) is 11.8 Å². The van der Waals surface area contributed by atoms with E-state index in [0.29, 0.717) is 0 Å². The van der Waals surface area contributed by atoms with E-state index in [2.05, 4.69) is 5.32 Å². The summed E-state index contributed by atoms with van der Waals surface area (Å²) in [6, 6.07) is 8.60. The standard InChI is InChI=1S/C16H18N2O5S/c19-8-16(15(22)23)7-18-13(21)12(14(18)24-9-16)17-11(20)6-10-4-2-1-3-5-10/h1-5,12,14,19H,6-9H2,(H,17,20)(H,22,23)/t12?,14-,16?/m1/s1. The van der Waals surface area contributed by atoms with Gasteiger partial charge in [-0.2, -0.15) is 0 Å². The molecule has 0 aliphatic carbocycles. The summed E-state index contributed by atoms with van der Waals surface area (Å²) in [5, 5.41) is 21.2. The summed E-state index contributed by atoms with van der Waals surface area (Å²) in [6.07, 6.45) is 0.192. The van der Waals surface area contributed by atoms with Gasteiger partial charge in [0, 0.05) is 12.3 Å². The second-order valence-corrected chi connectivity index (χ2v) is 7.22. The predicted octanol–water partition coefficient (Wildman–Crippen LogP) is -0.308. The number of nitrogens with zero attached hydrogens (tertiary/aromatic N) is 1. The van der Waals surface area contributed by atoms with Crippen LogP contribution < -0.4 is 5.32 Å². The molecule has 7 nitrogen and oxygen atoms in total. The van der Waals surface area contributed by atoms with Crippen LogP contribution in [0, 0.1) is 5.41 Å². The van der Waals surface area contributed by atoms with Crippen molar-refractivity contribution >= 4 is 29.5 Å². The van der Waals surface area contributed by atoms with Gasteiger partial charge in [0.25, 0.3) is 0 Å². The molecule has 3 N–H and O–H groups in total. The molecule has 1 aromatic rings. The van der Waals surface area contributed by atoms with Crippen LogP contribution in [0.4, 0.5) is 0 Å². The molecule has 2 heterocycles. The molecule has 0 saturated carbocycles. The lowest BCUT2D eigenvalue weighted by atomic mass is 9.88. The van der Waals surface area contributed by atoms with Gasteiger partial charge in [-0.3, -0.25) is 14.4 Å². The van der Waals surface area contributed by atoms with Crippen molar-refractivity contribution in [1.29, 1.82) is 0 Å². The zero-order valence-corrected chi connectivity index (χ0v) is 13.7. The third kappa shape index (κ3) is 2.87. The number of hydrogen-bond acceptors (Lipinski definition) is 5. The SMILES string of the molecule is O=C(Cc1ccccc1)NC1C(=O)N2CC(CO)(C(=O)O)CS[C@H]12. The monoisotopic (exact) mass is 350 g/mol. The number of aliphatic hydroxyl groups excluding tert-OH is 1. The minimum atomic E-state index is -1.32. The van der Waals surface area contributed by atoms with E-state index < -0.39 is 24.0 Å². The lowest BCUT2D eigenvalue weighted by molar-refractivity contribution is -0.161. The van der Waals surface area contributed by atoms with Crippen LogP contribution in [-0.2, 0) is 20.8 Å². The summed E-state index contributed by atoms with van der Waals surface area (Å²) in [5.41, 5.74) is -0.462. The third-order valence-corrected chi connectivity index (χ3v) is 6.01. The molecule has 3 atom stereocenters. The summed E-state index contributed by atoms with van der Waals surface area (Å²) in [6.45, 7) is -0.544. The summed E-state index contributed by atoms with van der Waals surface area (Å²) < 4.78 is 0. The number of benzene rings is 1. The van der Waals surface area contributed by atoms with E-state index in [-0.39, 0.29) is 35.9 Å². The molecule has 0 radical (unpaired) electrons. The molecule has 2 aliphatic rings. The van der Waals surface area contributed by atoms with Gasteiger partial charge in [-0.1, -0.05) is 30.3 Å². The summed E-state index contributed by atoms with van der Waals surface area (Å²) in [4.78, 5) is 37.1. The van der Waals surface area contributed by atoms with Crippen LogP contribution in [0.15, 0.2) is 30.3 Å². The van der Waals surface area contributed by atoms with Crippen molar-refractivity contribution in [2.75, 3.05) is 18.9 Å². The van der Waals surface area contributed by atoms with E-state index in [0.717, 1.165) is 5.56 Å². The van der Waals surface area contributed by atoms with Crippen LogP contribution in [0.3, 0.4) is 0 Å². The number of rotatable bonds is 5. The van der Waals surface area contributed by atoms with E-state index in [4.69, 9.17) is 0 Å². The number of aliphatic carboxylic acids is 1. The van der Waals surface area contributed by atoms with Crippen LogP contribution in [0.1, 0.15) is 5.56 Å². The van der Waals surface area contributed by atoms with Gasteiger partial charge in [0.15, 0.2) is 0 Å². The lowest BCUT2D eigenvalue weighted by Gasteiger charge is -2.53. The molecule has 0 spiro atoms. The highest BCUT2D eigenvalue weighted by molar-refractivity contribution is 8.00. The number of hydrogen-bond donors (Lipinski definition) is 3. The molecule has 8 heteroatoms. The molecule has 0 aromatic heterocycles. The largest absolute Gasteiger partial charge is 0.481 e. The Bertz CT molecular complexity index is 668. The number of carboxylic acid groups (broad SMARTS) is 1. The number of thioether (sulfide) groups is 1. The maximum Gasteiger partial charge on any atom is 0.314 e. The van der Waals surface area contributed by atoms with Crippen molar-refractivity contribution in [1.82, 2.24) is 10.2 Å². The second-order valence-electron chi connectivity index (χ2n) is 6.12. The summed E-state index contributed by atoms with van der Waals surface area (Å²) in [7, 11) is 0. The molecule has 3 rings (SSSR count). The average molecular weight is 350 g/mol. The Hall–Kier alpha value is -2.06. The number of β-lactam (4-membered cyclic amide) rings is 1. The number of carbonyl (C=O) groups is 3. The molecule has 128 valence electrons. The van der Waals surface area contributed by atoms with Gasteiger partial charge in [-0.25, -0.2) is 0 Å². The first-order chi connectivity index (χ1) is 11.5. The second kappa shape index (κ2) is 6.45. The average Bonchev–Trinajstić information content (AvgIpc) is 2.59. The van der Waals surface area contributed by atoms with Crippen LogP contribution in [0.2, 0.25) is 0 Å². The quantitative estimate of drug-likeness (QED) is 0.629. The Morgan fingerprint density at radius 3 is 2.67 bits per heavy atom. The molecule has 1 aromatic carbocycles. The Morgan fingerprint density at radius 1 is 1.33 bits per heavy atom. The Morgan fingerprint density at radius 2 is 2.04 bits per heavy atom. The number of nitrogens with one attached hydrogen (secondary N) is 1. The highest BCUT2D eigenvalue weighted by Crippen LogP contribution is 2.41. The van der Waals surface area contributed by atoms with Crippen molar-refractivity contribution in [2.24, 2.45) is 5.41 Å². The topological polar surface area (TPSA) is 107 Å². The van der Waals surface area contributed by atoms with Crippen molar-refractivity contribution in [3.05, 3.63) is 35.9 Å². The van der Waals surface area contributed by atoms with E-state index in [1.54, 1.807) is 0 Å². The van der Waals surface area contributed by atoms with Gasteiger partial charge in [-0.15, -0.1) is 11.8 Å².